The van der Waals surface area contributed by atoms with Crippen molar-refractivity contribution in [1.82, 2.24) is 0 Å². The minimum Gasteiger partial charge on any atom is -0.255 e. The molecule has 12 heavy (non-hydrogen) atoms. The summed E-state index contributed by atoms with van der Waals surface area (Å²) in [6.45, 7) is 4.39. The predicted molar refractivity (Wildman–Crippen MR) is 53.5 cm³/mol. The van der Waals surface area contributed by atoms with E-state index in [0.717, 1.165) is 5.36 Å². The average Bonchev–Trinajstić information content (AvgIpc) is 1.92. The van der Waals surface area contributed by atoms with Crippen LogP contribution in [-0.2, 0) is 0 Å². The van der Waals surface area contributed by atoms with Crippen molar-refractivity contribution in [3.05, 3.63) is 32.7 Å². The van der Waals surface area contributed by atoms with Crippen LogP contribution < -0.4 is 10.6 Å². The summed E-state index contributed by atoms with van der Waals surface area (Å²) in [7, 11) is 0. The summed E-state index contributed by atoms with van der Waals surface area (Å²) in [5.74, 6) is 0.568. The molecule has 1 aromatic carbocycles. The number of benzene rings is 1. The first-order chi connectivity index (χ1) is 5.70. The maximum atomic E-state index is 4.14. The van der Waals surface area contributed by atoms with Crippen molar-refractivity contribution in [2.45, 2.75) is 19.8 Å². The Labute approximate surface area is 80.0 Å². The van der Waals surface area contributed by atoms with Crippen LogP contribution in [0.15, 0.2) is 21.6 Å². The Morgan fingerprint density at radius 2 is 2.08 bits per heavy atom. The molecule has 1 aliphatic heterocycles. The Bertz CT molecular complexity index is 432. The molecule has 2 rings (SSSR count). The van der Waals surface area contributed by atoms with Crippen molar-refractivity contribution in [2.75, 3.05) is 0 Å². The highest BCUT2D eigenvalue weighted by Crippen LogP contribution is 2.20. The van der Waals surface area contributed by atoms with Crippen LogP contribution in [0.4, 0.5) is 0 Å². The summed E-state index contributed by atoms with van der Waals surface area (Å²) in [6.07, 6.45) is 1.91. The van der Waals surface area contributed by atoms with Gasteiger partial charge in [0.15, 0.2) is 0 Å². The smallest absolute Gasteiger partial charge is 0.0729 e. The molecule has 62 valence electrons. The molecule has 0 saturated heterocycles. The van der Waals surface area contributed by atoms with Crippen LogP contribution in [0.2, 0.25) is 0 Å². The molecule has 0 aliphatic carbocycles. The largest absolute Gasteiger partial charge is 0.255 e. The van der Waals surface area contributed by atoms with Gasteiger partial charge in [-0.2, -0.15) is 0 Å². The normalized spacial score (nSPS) is 13.0. The second-order valence-corrected chi connectivity index (χ2v) is 4.11. The number of hydrogen-bond donors (Lipinski definition) is 0. The molecule has 0 amide bonds. The Balaban J connectivity index is 2.70. The van der Waals surface area contributed by atoms with Crippen molar-refractivity contribution in [1.29, 1.82) is 0 Å². The van der Waals surface area contributed by atoms with Crippen LogP contribution in [0.5, 0.6) is 0 Å². The van der Waals surface area contributed by atoms with Gasteiger partial charge in [-0.15, -0.1) is 0 Å². The van der Waals surface area contributed by atoms with Gasteiger partial charge in [0.2, 0.25) is 0 Å². The molecule has 0 bridgehead atoms. The molecular formula is C10H10BrN. The third kappa shape index (κ3) is 1.02. The van der Waals surface area contributed by atoms with Gasteiger partial charge in [0.25, 0.3) is 0 Å². The zero-order chi connectivity index (χ0) is 8.72. The lowest BCUT2D eigenvalue weighted by atomic mass is 10.0. The summed E-state index contributed by atoms with van der Waals surface area (Å²) in [6, 6.07) is 4.22. The fraction of sp³-hybridized carbons (Fsp3) is 0.300. The van der Waals surface area contributed by atoms with Crippen LogP contribution in [0.1, 0.15) is 25.3 Å². The highest BCUT2D eigenvalue weighted by atomic mass is 79.9. The third-order valence-corrected chi connectivity index (χ3v) is 3.03. The Kier molecular flexibility index (Phi) is 1.80. The second-order valence-electron chi connectivity index (χ2n) is 3.31. The van der Waals surface area contributed by atoms with E-state index in [1.807, 2.05) is 6.20 Å². The van der Waals surface area contributed by atoms with E-state index >= 15 is 0 Å². The molecule has 1 aromatic rings. The van der Waals surface area contributed by atoms with Gasteiger partial charge in [-0.3, -0.25) is 4.99 Å². The summed E-state index contributed by atoms with van der Waals surface area (Å²) < 4.78 is 1.21. The van der Waals surface area contributed by atoms with Gasteiger partial charge in [-0.1, -0.05) is 19.9 Å². The molecule has 1 nitrogen and oxygen atoms in total. The second kappa shape index (κ2) is 2.70. The predicted octanol–water partition coefficient (Wildman–Crippen LogP) is 1.94. The quantitative estimate of drug-likeness (QED) is 0.691. The molecule has 0 radical (unpaired) electrons. The molecule has 0 unspecified atom stereocenters. The van der Waals surface area contributed by atoms with E-state index in [4.69, 9.17) is 0 Å². The Morgan fingerprint density at radius 3 is 2.58 bits per heavy atom. The number of fused-ring (bicyclic) bond motifs is 1. The molecule has 1 aliphatic rings. The van der Waals surface area contributed by atoms with Crippen molar-refractivity contribution in [3.8, 4) is 0 Å². The van der Waals surface area contributed by atoms with Crippen molar-refractivity contribution < 1.29 is 0 Å². The molecule has 0 aromatic heterocycles. The topological polar surface area (TPSA) is 12.4 Å². The number of halogens is 1. The highest BCUT2D eigenvalue weighted by molar-refractivity contribution is 9.10. The van der Waals surface area contributed by atoms with Gasteiger partial charge >= 0.3 is 0 Å². The van der Waals surface area contributed by atoms with Crippen molar-refractivity contribution in [3.63, 3.8) is 0 Å². The summed E-state index contributed by atoms with van der Waals surface area (Å²) in [5.41, 5.74) is 1.36. The first-order valence-corrected chi connectivity index (χ1v) is 4.86. The molecule has 1 heterocycles. The fourth-order valence-corrected chi connectivity index (χ4v) is 2.24. The van der Waals surface area contributed by atoms with E-state index in [-0.39, 0.29) is 0 Å². The van der Waals surface area contributed by atoms with Gasteiger partial charge in [0.1, 0.15) is 0 Å². The Hall–Kier alpha value is -0.630. The van der Waals surface area contributed by atoms with Crippen LogP contribution in [-0.4, -0.2) is 0 Å². The first-order valence-electron chi connectivity index (χ1n) is 4.06. The van der Waals surface area contributed by atoms with Gasteiger partial charge in [-0.05, 0) is 33.5 Å². The number of rotatable bonds is 1. The van der Waals surface area contributed by atoms with E-state index in [0.29, 0.717) is 5.92 Å². The summed E-state index contributed by atoms with van der Waals surface area (Å²) in [5, 5.41) is 2.35. The highest BCUT2D eigenvalue weighted by Gasteiger charge is 2.08. The van der Waals surface area contributed by atoms with Crippen LogP contribution in [0, 0.1) is 0 Å². The Morgan fingerprint density at radius 1 is 1.33 bits per heavy atom. The lowest BCUT2D eigenvalue weighted by molar-refractivity contribution is 0.855. The lowest BCUT2D eigenvalue weighted by Gasteiger charge is -2.10. The molecule has 2 heteroatoms. The van der Waals surface area contributed by atoms with Crippen LogP contribution >= 0.6 is 15.9 Å². The zero-order valence-electron chi connectivity index (χ0n) is 7.13. The van der Waals surface area contributed by atoms with E-state index < -0.39 is 0 Å². The summed E-state index contributed by atoms with van der Waals surface area (Å²) >= 11 is 3.59. The lowest BCUT2D eigenvalue weighted by Crippen LogP contribution is -2.32. The maximum absolute atomic E-state index is 4.14. The number of nitrogens with zero attached hydrogens (tertiary/aromatic N) is 1. The van der Waals surface area contributed by atoms with Gasteiger partial charge < -0.3 is 0 Å². The molecule has 0 atom stereocenters. The van der Waals surface area contributed by atoms with E-state index in [9.17, 15) is 0 Å². The van der Waals surface area contributed by atoms with Crippen molar-refractivity contribution >= 4 is 22.1 Å². The van der Waals surface area contributed by atoms with Crippen LogP contribution in [0.25, 0.3) is 6.20 Å². The SMILES string of the molecule is CC(C)c1ccc2c(c1Br)=CN=2. The average molecular weight is 224 g/mol. The summed E-state index contributed by atoms with van der Waals surface area (Å²) in [4.78, 5) is 4.14. The van der Waals surface area contributed by atoms with Gasteiger partial charge in [0.05, 0.1) is 5.36 Å². The van der Waals surface area contributed by atoms with Gasteiger partial charge in [-0.25, -0.2) is 0 Å². The minimum atomic E-state index is 0.568. The van der Waals surface area contributed by atoms with E-state index in [1.54, 1.807) is 0 Å². The standard InChI is InChI=1S/C10H10BrN/c1-6(2)7-3-4-9-8(5-12-9)10(7)11/h3-6H,1-2H3. The van der Waals surface area contributed by atoms with Gasteiger partial charge in [0, 0.05) is 15.9 Å². The maximum Gasteiger partial charge on any atom is 0.0729 e. The molecular weight excluding hydrogens is 214 g/mol. The zero-order valence-corrected chi connectivity index (χ0v) is 8.72. The minimum absolute atomic E-state index is 0.568. The fourth-order valence-electron chi connectivity index (χ4n) is 1.35. The van der Waals surface area contributed by atoms with E-state index in [1.165, 1.54) is 15.3 Å². The molecule has 0 spiro atoms. The monoisotopic (exact) mass is 223 g/mol. The number of hydrogen-bond acceptors (Lipinski definition) is 1. The van der Waals surface area contributed by atoms with E-state index in [2.05, 4.69) is 46.9 Å². The first kappa shape index (κ1) is 7.99. The molecule has 0 N–H and O–H groups in total. The molecule has 0 fully saturated rings. The molecule has 0 saturated carbocycles. The van der Waals surface area contributed by atoms with Crippen LogP contribution in [0.3, 0.4) is 0 Å². The van der Waals surface area contributed by atoms with Crippen molar-refractivity contribution in [2.24, 2.45) is 4.99 Å². The third-order valence-electron chi connectivity index (χ3n) is 2.14.